The number of amides is 1. The number of hydrogen-bond donors (Lipinski definition) is 1. The average molecular weight is 579 g/mol. The maximum atomic E-state index is 13.3. The lowest BCUT2D eigenvalue weighted by atomic mass is 10.0. The van der Waals surface area contributed by atoms with E-state index in [4.69, 9.17) is 9.26 Å². The molecule has 0 bridgehead atoms. The van der Waals surface area contributed by atoms with Crippen LogP contribution in [-0.2, 0) is 29.0 Å². The van der Waals surface area contributed by atoms with Gasteiger partial charge in [0.05, 0.1) is 22.7 Å². The Labute approximate surface area is 240 Å². The molecule has 0 radical (unpaired) electrons. The van der Waals surface area contributed by atoms with Crippen molar-refractivity contribution >= 4 is 40.0 Å². The van der Waals surface area contributed by atoms with Crippen LogP contribution in [0.15, 0.2) is 64.1 Å². The quantitative estimate of drug-likeness (QED) is 0.178. The molecule has 0 spiro atoms. The van der Waals surface area contributed by atoms with Crippen LogP contribution in [0.2, 0.25) is 0 Å². The van der Waals surface area contributed by atoms with Crippen LogP contribution in [0.25, 0.3) is 5.69 Å². The third-order valence-corrected chi connectivity index (χ3v) is 8.87. The summed E-state index contributed by atoms with van der Waals surface area (Å²) >= 11 is 2.46. The number of rotatable bonds is 9. The molecule has 40 heavy (non-hydrogen) atoms. The minimum absolute atomic E-state index is 0.194. The van der Waals surface area contributed by atoms with Crippen molar-refractivity contribution in [2.24, 2.45) is 0 Å². The summed E-state index contributed by atoms with van der Waals surface area (Å²) in [7, 11) is 0. The van der Waals surface area contributed by atoms with Gasteiger partial charge in [-0.3, -0.25) is 9.69 Å². The number of hydrogen-bond acceptors (Lipinski definition) is 9. The predicted octanol–water partition coefficient (Wildman–Crippen LogP) is 4.25. The molecular weight excluding hydrogens is 548 g/mol. The Hall–Kier alpha value is -3.67. The van der Waals surface area contributed by atoms with E-state index in [1.165, 1.54) is 21.6 Å². The molecule has 9 nitrogen and oxygen atoms in total. The van der Waals surface area contributed by atoms with E-state index in [1.54, 1.807) is 13.8 Å². The summed E-state index contributed by atoms with van der Waals surface area (Å²) in [5.74, 6) is -1.40. The lowest BCUT2D eigenvalue weighted by molar-refractivity contribution is -0.705. The number of fused-ring (bicyclic) bond motifs is 1. The molecule has 2 aromatic heterocycles. The van der Waals surface area contributed by atoms with Crippen molar-refractivity contribution in [1.82, 2.24) is 10.2 Å². The van der Waals surface area contributed by atoms with Gasteiger partial charge in [-0.25, -0.2) is 4.79 Å². The maximum Gasteiger partial charge on any atom is 0.341 e. The SMILES string of the molecule is CCOC(=O)c1c(NC(=O)C(C)Sc2c([O-])on[n+]2-c2ccc(C)cc2)sc2c1CCN(Cc1ccccc1)C2. The van der Waals surface area contributed by atoms with Crippen molar-refractivity contribution in [2.75, 3.05) is 18.5 Å². The number of benzene rings is 2. The first-order chi connectivity index (χ1) is 19.3. The van der Waals surface area contributed by atoms with E-state index in [9.17, 15) is 14.7 Å². The van der Waals surface area contributed by atoms with Crippen molar-refractivity contribution in [2.45, 2.75) is 50.6 Å². The highest BCUT2D eigenvalue weighted by atomic mass is 32.2. The summed E-state index contributed by atoms with van der Waals surface area (Å²) < 4.78 is 11.7. The minimum Gasteiger partial charge on any atom is -0.538 e. The lowest BCUT2D eigenvalue weighted by Gasteiger charge is -2.27. The van der Waals surface area contributed by atoms with Gasteiger partial charge in [0.2, 0.25) is 11.6 Å². The van der Waals surface area contributed by atoms with E-state index in [0.717, 1.165) is 40.9 Å². The molecule has 1 aliphatic heterocycles. The zero-order valence-electron chi connectivity index (χ0n) is 22.5. The second kappa shape index (κ2) is 12.2. The smallest absolute Gasteiger partial charge is 0.341 e. The fourth-order valence-electron chi connectivity index (χ4n) is 4.56. The van der Waals surface area contributed by atoms with Crippen molar-refractivity contribution < 1.29 is 28.6 Å². The summed E-state index contributed by atoms with van der Waals surface area (Å²) in [6.45, 7) is 7.94. The van der Waals surface area contributed by atoms with Gasteiger partial charge in [-0.2, -0.15) is 0 Å². The number of esters is 1. The van der Waals surface area contributed by atoms with Crippen LogP contribution in [-0.4, -0.2) is 40.4 Å². The molecule has 1 N–H and O–H groups in total. The summed E-state index contributed by atoms with van der Waals surface area (Å²) in [4.78, 5) is 29.7. The fraction of sp³-hybridized carbons (Fsp3) is 0.310. The van der Waals surface area contributed by atoms with Crippen LogP contribution in [0.5, 0.6) is 5.95 Å². The van der Waals surface area contributed by atoms with Gasteiger partial charge in [-0.15, -0.1) is 11.3 Å². The van der Waals surface area contributed by atoms with Crippen LogP contribution in [0.3, 0.4) is 0 Å². The third-order valence-electron chi connectivity index (χ3n) is 6.61. The molecule has 0 aliphatic carbocycles. The molecular formula is C29H30N4O5S2. The standard InChI is InChI=1S/C29H30N4O5S2/c1-4-37-28(35)24-22-14-15-32(16-20-8-6-5-7-9-20)17-23(22)40-26(24)30-25(34)19(3)39-27-29(36)38-31-33(27)21-12-10-18(2)11-13-21/h5-13,19H,4,14-17H2,1-3H3,(H-,30,31,34,35,36). The largest absolute Gasteiger partial charge is 0.538 e. The Kier molecular flexibility index (Phi) is 8.53. The number of aryl methyl sites for hydroxylation is 1. The van der Waals surface area contributed by atoms with Crippen LogP contribution in [0.4, 0.5) is 5.00 Å². The Morgan fingerprint density at radius 3 is 2.70 bits per heavy atom. The molecule has 2 aromatic carbocycles. The topological polar surface area (TPSA) is 112 Å². The van der Waals surface area contributed by atoms with Crippen LogP contribution in [0.1, 0.15) is 45.8 Å². The van der Waals surface area contributed by atoms with Crippen molar-refractivity contribution in [1.29, 1.82) is 0 Å². The normalized spacial score (nSPS) is 14.0. The molecule has 3 heterocycles. The number of carbonyl (C=O) groups excluding carboxylic acids is 2. The van der Waals surface area contributed by atoms with Crippen LogP contribution in [0, 0.1) is 6.92 Å². The molecule has 5 rings (SSSR count). The van der Waals surface area contributed by atoms with Crippen molar-refractivity contribution in [3.8, 4) is 11.6 Å². The molecule has 208 valence electrons. The number of thiophene rings is 1. The molecule has 11 heteroatoms. The van der Waals surface area contributed by atoms with Gasteiger partial charge in [-0.05, 0) is 54.8 Å². The van der Waals surface area contributed by atoms with E-state index in [1.807, 2.05) is 49.4 Å². The van der Waals surface area contributed by atoms with E-state index in [-0.39, 0.29) is 17.5 Å². The summed E-state index contributed by atoms with van der Waals surface area (Å²) in [5.41, 5.74) is 4.30. The zero-order valence-corrected chi connectivity index (χ0v) is 24.1. The highest BCUT2D eigenvalue weighted by Gasteiger charge is 2.32. The number of aromatic nitrogens is 2. The summed E-state index contributed by atoms with van der Waals surface area (Å²) in [5, 5.41) is 19.2. The fourth-order valence-corrected chi connectivity index (χ4v) is 6.72. The molecule has 1 aliphatic rings. The van der Waals surface area contributed by atoms with E-state index in [0.29, 0.717) is 29.2 Å². The highest BCUT2D eigenvalue weighted by molar-refractivity contribution is 8.00. The van der Waals surface area contributed by atoms with Crippen LogP contribution >= 0.6 is 23.1 Å². The van der Waals surface area contributed by atoms with Crippen LogP contribution < -0.4 is 15.1 Å². The third kappa shape index (κ3) is 6.06. The first kappa shape index (κ1) is 27.9. The highest BCUT2D eigenvalue weighted by Crippen LogP contribution is 2.39. The maximum absolute atomic E-state index is 13.3. The number of nitrogens with one attached hydrogen (secondary N) is 1. The molecule has 0 saturated carbocycles. The van der Waals surface area contributed by atoms with Gasteiger partial charge in [0, 0.05) is 36.6 Å². The van der Waals surface area contributed by atoms with Gasteiger partial charge >= 0.3 is 5.97 Å². The predicted molar refractivity (Wildman–Crippen MR) is 151 cm³/mol. The zero-order chi connectivity index (χ0) is 28.2. The Bertz CT molecular complexity index is 1500. The summed E-state index contributed by atoms with van der Waals surface area (Å²) in [6, 6.07) is 17.7. The lowest BCUT2D eigenvalue weighted by Crippen LogP contribution is -2.36. The minimum atomic E-state index is -0.674. The monoisotopic (exact) mass is 578 g/mol. The van der Waals surface area contributed by atoms with Gasteiger partial charge in [0.1, 0.15) is 5.00 Å². The van der Waals surface area contributed by atoms with E-state index in [2.05, 4.69) is 27.6 Å². The molecule has 1 amide bonds. The second-order valence-corrected chi connectivity index (χ2v) is 12.0. The number of nitrogens with zero attached hydrogens (tertiary/aromatic N) is 3. The Morgan fingerprint density at radius 2 is 1.98 bits per heavy atom. The van der Waals surface area contributed by atoms with Gasteiger partial charge in [0.25, 0.3) is 5.03 Å². The Balaban J connectivity index is 1.35. The van der Waals surface area contributed by atoms with Gasteiger partial charge in [-0.1, -0.05) is 48.0 Å². The number of anilines is 1. The van der Waals surface area contributed by atoms with Gasteiger partial charge in [0.15, 0.2) is 5.95 Å². The molecule has 1 unspecified atom stereocenters. The molecule has 0 saturated heterocycles. The molecule has 1 atom stereocenters. The van der Waals surface area contributed by atoms with E-state index < -0.39 is 17.2 Å². The number of thioether (sulfide) groups is 1. The Morgan fingerprint density at radius 1 is 1.23 bits per heavy atom. The van der Waals surface area contributed by atoms with Crippen molar-refractivity contribution in [3.63, 3.8) is 0 Å². The number of carbonyl (C=O) groups is 2. The average Bonchev–Trinajstić information content (AvgIpc) is 3.49. The first-order valence-corrected chi connectivity index (χ1v) is 14.7. The van der Waals surface area contributed by atoms with Gasteiger partial charge < -0.3 is 19.7 Å². The first-order valence-electron chi connectivity index (χ1n) is 13.1. The summed E-state index contributed by atoms with van der Waals surface area (Å²) in [6.07, 6.45) is 0.684. The molecule has 0 fully saturated rings. The van der Waals surface area contributed by atoms with E-state index >= 15 is 0 Å². The number of ether oxygens (including phenoxy) is 1. The van der Waals surface area contributed by atoms with Crippen molar-refractivity contribution in [3.05, 3.63) is 81.7 Å². The second-order valence-electron chi connectivity index (χ2n) is 9.54. The molecule has 4 aromatic rings.